The number of rotatable bonds is 8. The fourth-order valence-electron chi connectivity index (χ4n) is 3.49. The number of nitrogens with zero attached hydrogens (tertiary/aromatic N) is 1. The van der Waals surface area contributed by atoms with Crippen LogP contribution in [-0.4, -0.2) is 83.8 Å². The highest BCUT2D eigenvalue weighted by atomic mass is 35.5. The van der Waals surface area contributed by atoms with Crippen LogP contribution in [-0.2, 0) is 25.6 Å². The molecule has 36 heavy (non-hydrogen) atoms. The fraction of sp³-hybridized carbons (Fsp3) is 0.435. The standard InChI is InChI=1S/C23H25Cl2NO10/c1-10-12(21(30)36-20-18(29)17(28)15(8-27)35-23(20)33-3)6-13(24)19(16(10)25)34-9-11-4-5-14(26-7-11)22(31)32-2/h4-7,15,17-18,20,23,27-29H,8-9H2,1-3H3/t15-,17-,18+,20-,23+/m1/s1. The quantitative estimate of drug-likeness (QED) is 0.415. The van der Waals surface area contributed by atoms with E-state index in [4.69, 9.17) is 42.1 Å². The van der Waals surface area contributed by atoms with Gasteiger partial charge in [-0.15, -0.1) is 0 Å². The highest BCUT2D eigenvalue weighted by Gasteiger charge is 2.47. The predicted molar refractivity (Wildman–Crippen MR) is 125 cm³/mol. The number of carbonyl (C=O) groups excluding carboxylic acids is 2. The Kier molecular flexibility index (Phi) is 9.47. The van der Waals surface area contributed by atoms with E-state index in [1.807, 2.05) is 0 Å². The molecule has 11 nitrogen and oxygen atoms in total. The molecule has 1 aromatic carbocycles. The Morgan fingerprint density at radius 1 is 1.14 bits per heavy atom. The highest BCUT2D eigenvalue weighted by molar-refractivity contribution is 6.38. The molecule has 0 amide bonds. The van der Waals surface area contributed by atoms with Crippen LogP contribution >= 0.6 is 23.2 Å². The van der Waals surface area contributed by atoms with Crippen LogP contribution in [0, 0.1) is 6.92 Å². The second-order valence-electron chi connectivity index (χ2n) is 7.82. The van der Waals surface area contributed by atoms with Gasteiger partial charge in [-0.25, -0.2) is 14.6 Å². The lowest BCUT2D eigenvalue weighted by Gasteiger charge is -2.40. The summed E-state index contributed by atoms with van der Waals surface area (Å²) in [5, 5.41) is 29.9. The zero-order chi connectivity index (χ0) is 26.6. The number of aromatic nitrogens is 1. The Labute approximate surface area is 216 Å². The normalized spacial score (nSPS) is 23.7. The molecule has 1 fully saturated rings. The van der Waals surface area contributed by atoms with Crippen LogP contribution in [0.4, 0.5) is 0 Å². The number of hydrogen-bond donors (Lipinski definition) is 3. The molecule has 5 atom stereocenters. The lowest BCUT2D eigenvalue weighted by molar-refractivity contribution is -0.293. The lowest BCUT2D eigenvalue weighted by Crippen LogP contribution is -2.60. The van der Waals surface area contributed by atoms with E-state index in [-0.39, 0.29) is 39.2 Å². The van der Waals surface area contributed by atoms with Gasteiger partial charge in [-0.2, -0.15) is 0 Å². The van der Waals surface area contributed by atoms with Crippen molar-refractivity contribution in [2.75, 3.05) is 20.8 Å². The molecule has 0 unspecified atom stereocenters. The number of aliphatic hydroxyl groups is 3. The van der Waals surface area contributed by atoms with Crippen molar-refractivity contribution in [3.05, 3.63) is 56.8 Å². The number of halogens is 2. The Balaban J connectivity index is 1.75. The number of ether oxygens (including phenoxy) is 5. The van der Waals surface area contributed by atoms with Crippen LogP contribution in [0.5, 0.6) is 5.75 Å². The topological polar surface area (TPSA) is 154 Å². The van der Waals surface area contributed by atoms with Gasteiger partial charge >= 0.3 is 11.9 Å². The van der Waals surface area contributed by atoms with Gasteiger partial charge in [0, 0.05) is 18.9 Å². The molecule has 3 N–H and O–H groups in total. The first-order valence-corrected chi connectivity index (χ1v) is 11.4. The molecular weight excluding hydrogens is 521 g/mol. The maximum atomic E-state index is 12.9. The van der Waals surface area contributed by atoms with E-state index in [9.17, 15) is 24.9 Å². The van der Waals surface area contributed by atoms with Crippen molar-refractivity contribution in [3.63, 3.8) is 0 Å². The number of aliphatic hydroxyl groups excluding tert-OH is 3. The average Bonchev–Trinajstić information content (AvgIpc) is 2.88. The first-order chi connectivity index (χ1) is 17.1. The molecule has 0 saturated carbocycles. The summed E-state index contributed by atoms with van der Waals surface area (Å²) in [5.41, 5.74) is 1.03. The van der Waals surface area contributed by atoms with Gasteiger partial charge in [0.05, 0.1) is 29.3 Å². The molecule has 13 heteroatoms. The van der Waals surface area contributed by atoms with E-state index in [1.165, 1.54) is 32.5 Å². The van der Waals surface area contributed by atoms with Crippen molar-refractivity contribution in [3.8, 4) is 5.75 Å². The van der Waals surface area contributed by atoms with Gasteiger partial charge < -0.3 is 39.0 Å². The summed E-state index contributed by atoms with van der Waals surface area (Å²) in [4.78, 5) is 28.4. The van der Waals surface area contributed by atoms with Gasteiger partial charge in [0.15, 0.2) is 18.1 Å². The summed E-state index contributed by atoms with van der Waals surface area (Å²) in [6.07, 6.45) is -5.41. The van der Waals surface area contributed by atoms with Crippen molar-refractivity contribution < 1.29 is 48.6 Å². The van der Waals surface area contributed by atoms with Crippen LogP contribution in [0.25, 0.3) is 0 Å². The molecule has 0 bridgehead atoms. The van der Waals surface area contributed by atoms with E-state index in [0.717, 1.165) is 0 Å². The maximum absolute atomic E-state index is 12.9. The van der Waals surface area contributed by atoms with E-state index < -0.39 is 49.3 Å². The average molecular weight is 546 g/mol. The minimum Gasteiger partial charge on any atom is -0.486 e. The largest absolute Gasteiger partial charge is 0.486 e. The third-order valence-corrected chi connectivity index (χ3v) is 6.28. The smallest absolute Gasteiger partial charge is 0.356 e. The third-order valence-electron chi connectivity index (χ3n) is 5.54. The first kappa shape index (κ1) is 28.1. The molecule has 1 aliphatic rings. The summed E-state index contributed by atoms with van der Waals surface area (Å²) in [6.45, 7) is 0.991. The summed E-state index contributed by atoms with van der Waals surface area (Å²) in [6, 6.07) is 4.40. The molecule has 3 rings (SSSR count). The summed E-state index contributed by atoms with van der Waals surface area (Å²) >= 11 is 12.8. The Hall–Kier alpha value is -2.51. The number of hydrogen-bond acceptors (Lipinski definition) is 11. The SMILES string of the molecule is COC(=O)c1ccc(COc2c(Cl)cc(C(=O)O[C@H]3[C@@H](OC)O[C@H](CO)[C@@H](O)[C@@H]3O)c(C)c2Cl)cn1. The molecule has 1 aromatic heterocycles. The molecule has 0 spiro atoms. The van der Waals surface area contributed by atoms with Gasteiger partial charge in [0.25, 0.3) is 0 Å². The molecule has 1 saturated heterocycles. The molecule has 196 valence electrons. The lowest BCUT2D eigenvalue weighted by atomic mass is 9.99. The minimum absolute atomic E-state index is 0.0118. The van der Waals surface area contributed by atoms with Gasteiger partial charge in [-0.3, -0.25) is 0 Å². The van der Waals surface area contributed by atoms with E-state index in [0.29, 0.717) is 5.56 Å². The summed E-state index contributed by atoms with van der Waals surface area (Å²) in [5.74, 6) is -1.37. The van der Waals surface area contributed by atoms with E-state index in [1.54, 1.807) is 13.0 Å². The van der Waals surface area contributed by atoms with Gasteiger partial charge in [-0.1, -0.05) is 29.3 Å². The molecule has 0 radical (unpaired) electrons. The third kappa shape index (κ3) is 5.89. The highest BCUT2D eigenvalue weighted by Crippen LogP contribution is 2.38. The van der Waals surface area contributed by atoms with Crippen molar-refractivity contribution in [1.29, 1.82) is 0 Å². The fourth-order valence-corrected chi connectivity index (χ4v) is 4.05. The number of pyridine rings is 1. The van der Waals surface area contributed by atoms with Gasteiger partial charge in [0.2, 0.25) is 0 Å². The number of carbonyl (C=O) groups is 2. The van der Waals surface area contributed by atoms with Crippen molar-refractivity contribution in [1.82, 2.24) is 4.98 Å². The maximum Gasteiger partial charge on any atom is 0.356 e. The molecular formula is C23H25Cl2NO10. The number of methoxy groups -OCH3 is 2. The van der Waals surface area contributed by atoms with Gasteiger partial charge in [0.1, 0.15) is 30.6 Å². The van der Waals surface area contributed by atoms with E-state index in [2.05, 4.69) is 9.72 Å². The summed E-state index contributed by atoms with van der Waals surface area (Å²) in [7, 11) is 2.51. The Bertz CT molecular complexity index is 1100. The second kappa shape index (κ2) is 12.2. The summed E-state index contributed by atoms with van der Waals surface area (Å²) < 4.78 is 26.2. The Morgan fingerprint density at radius 2 is 1.86 bits per heavy atom. The monoisotopic (exact) mass is 545 g/mol. The van der Waals surface area contributed by atoms with Crippen LogP contribution in [0.1, 0.15) is 32.0 Å². The molecule has 2 heterocycles. The second-order valence-corrected chi connectivity index (χ2v) is 8.60. The van der Waals surface area contributed by atoms with E-state index >= 15 is 0 Å². The van der Waals surface area contributed by atoms with Crippen LogP contribution < -0.4 is 4.74 Å². The zero-order valence-electron chi connectivity index (χ0n) is 19.5. The van der Waals surface area contributed by atoms with Crippen LogP contribution in [0.2, 0.25) is 10.0 Å². The molecule has 0 aliphatic carbocycles. The number of esters is 2. The van der Waals surface area contributed by atoms with Gasteiger partial charge in [-0.05, 0) is 24.6 Å². The van der Waals surface area contributed by atoms with Crippen LogP contribution in [0.15, 0.2) is 24.4 Å². The van der Waals surface area contributed by atoms with Crippen LogP contribution in [0.3, 0.4) is 0 Å². The van der Waals surface area contributed by atoms with Crippen molar-refractivity contribution >= 4 is 35.1 Å². The zero-order valence-corrected chi connectivity index (χ0v) is 21.0. The Morgan fingerprint density at radius 3 is 2.44 bits per heavy atom. The van der Waals surface area contributed by atoms with Crippen molar-refractivity contribution in [2.45, 2.75) is 44.2 Å². The molecule has 1 aliphatic heterocycles. The minimum atomic E-state index is -1.59. The first-order valence-electron chi connectivity index (χ1n) is 10.6. The predicted octanol–water partition coefficient (Wildman–Crippen LogP) is 1.67. The number of benzene rings is 1. The van der Waals surface area contributed by atoms with Crippen molar-refractivity contribution in [2.24, 2.45) is 0 Å². The molecule has 2 aromatic rings.